The number of nitrogens with zero attached hydrogens (tertiary/aromatic N) is 1. The Morgan fingerprint density at radius 3 is 2.64 bits per heavy atom. The summed E-state index contributed by atoms with van der Waals surface area (Å²) in [5.41, 5.74) is 3.69. The SMILES string of the molecule is COc1cccc(/C=N/NC(=O)CCC(=O)Nc2ccccc2Cl)c1. The maximum atomic E-state index is 11.8. The van der Waals surface area contributed by atoms with Crippen LogP contribution in [0.15, 0.2) is 53.6 Å². The molecule has 0 saturated carbocycles. The number of methoxy groups -OCH3 is 1. The van der Waals surface area contributed by atoms with E-state index in [2.05, 4.69) is 15.8 Å². The highest BCUT2D eigenvalue weighted by Gasteiger charge is 2.08. The van der Waals surface area contributed by atoms with E-state index < -0.39 is 0 Å². The van der Waals surface area contributed by atoms with E-state index in [0.29, 0.717) is 16.5 Å². The maximum Gasteiger partial charge on any atom is 0.240 e. The Bertz CT molecular complexity index is 778. The highest BCUT2D eigenvalue weighted by atomic mass is 35.5. The Morgan fingerprint density at radius 1 is 1.12 bits per heavy atom. The van der Waals surface area contributed by atoms with Gasteiger partial charge in [0.05, 0.1) is 24.0 Å². The fourth-order valence-electron chi connectivity index (χ4n) is 1.96. The molecule has 130 valence electrons. The van der Waals surface area contributed by atoms with Gasteiger partial charge in [0.2, 0.25) is 11.8 Å². The molecule has 6 nitrogen and oxygen atoms in total. The van der Waals surface area contributed by atoms with Crippen LogP contribution in [0, 0.1) is 0 Å². The summed E-state index contributed by atoms with van der Waals surface area (Å²) < 4.78 is 5.10. The quantitative estimate of drug-likeness (QED) is 0.588. The molecule has 2 rings (SSSR count). The summed E-state index contributed by atoms with van der Waals surface area (Å²) in [6, 6.07) is 14.2. The lowest BCUT2D eigenvalue weighted by molar-refractivity contribution is -0.124. The first-order valence-electron chi connectivity index (χ1n) is 7.59. The number of para-hydroxylation sites is 1. The predicted molar refractivity (Wildman–Crippen MR) is 98.0 cm³/mol. The average molecular weight is 360 g/mol. The Labute approximate surface area is 150 Å². The average Bonchev–Trinajstić information content (AvgIpc) is 2.62. The zero-order chi connectivity index (χ0) is 18.1. The van der Waals surface area contributed by atoms with Crippen molar-refractivity contribution in [3.63, 3.8) is 0 Å². The molecule has 2 amide bonds. The minimum absolute atomic E-state index is 0.0196. The van der Waals surface area contributed by atoms with Gasteiger partial charge in [0.15, 0.2) is 0 Å². The van der Waals surface area contributed by atoms with Crippen molar-refractivity contribution < 1.29 is 14.3 Å². The second-order valence-electron chi connectivity index (χ2n) is 5.10. The van der Waals surface area contributed by atoms with Crippen LogP contribution < -0.4 is 15.5 Å². The van der Waals surface area contributed by atoms with Crippen molar-refractivity contribution >= 4 is 35.3 Å². The first-order valence-corrected chi connectivity index (χ1v) is 7.96. The number of ether oxygens (including phenoxy) is 1. The third-order valence-electron chi connectivity index (χ3n) is 3.22. The lowest BCUT2D eigenvalue weighted by Gasteiger charge is -2.06. The largest absolute Gasteiger partial charge is 0.497 e. The van der Waals surface area contributed by atoms with Crippen molar-refractivity contribution in [3.8, 4) is 5.75 Å². The molecule has 0 aliphatic carbocycles. The van der Waals surface area contributed by atoms with Gasteiger partial charge in [-0.25, -0.2) is 5.43 Å². The molecule has 0 aliphatic heterocycles. The molecule has 0 aliphatic rings. The summed E-state index contributed by atoms with van der Waals surface area (Å²) >= 11 is 5.96. The van der Waals surface area contributed by atoms with Crippen molar-refractivity contribution in [1.29, 1.82) is 0 Å². The number of benzene rings is 2. The van der Waals surface area contributed by atoms with E-state index >= 15 is 0 Å². The van der Waals surface area contributed by atoms with Crippen LogP contribution in [-0.2, 0) is 9.59 Å². The standard InChI is InChI=1S/C18H18ClN3O3/c1-25-14-6-4-5-13(11-14)12-20-22-18(24)10-9-17(23)21-16-8-3-2-7-15(16)19/h2-8,11-12H,9-10H2,1H3,(H,21,23)(H,22,24)/b20-12+. The number of hydrogen-bond donors (Lipinski definition) is 2. The zero-order valence-electron chi connectivity index (χ0n) is 13.7. The molecule has 25 heavy (non-hydrogen) atoms. The highest BCUT2D eigenvalue weighted by molar-refractivity contribution is 6.33. The third kappa shape index (κ3) is 6.27. The smallest absolute Gasteiger partial charge is 0.240 e. The van der Waals surface area contributed by atoms with Crippen LogP contribution in [0.4, 0.5) is 5.69 Å². The Hall–Kier alpha value is -2.86. The molecular weight excluding hydrogens is 342 g/mol. The first kappa shape index (κ1) is 18.5. The summed E-state index contributed by atoms with van der Waals surface area (Å²) in [5.74, 6) is 0.0556. The van der Waals surface area contributed by atoms with Gasteiger partial charge in [0.25, 0.3) is 0 Å². The Morgan fingerprint density at radius 2 is 1.88 bits per heavy atom. The minimum Gasteiger partial charge on any atom is -0.497 e. The summed E-state index contributed by atoms with van der Waals surface area (Å²) in [7, 11) is 1.58. The number of rotatable bonds is 7. The van der Waals surface area contributed by atoms with Gasteiger partial charge in [0.1, 0.15) is 5.75 Å². The van der Waals surface area contributed by atoms with Gasteiger partial charge in [-0.2, -0.15) is 5.10 Å². The molecule has 7 heteroatoms. The zero-order valence-corrected chi connectivity index (χ0v) is 14.4. The Balaban J connectivity index is 1.75. The molecule has 2 aromatic carbocycles. The molecule has 0 atom stereocenters. The van der Waals surface area contributed by atoms with Crippen LogP contribution >= 0.6 is 11.6 Å². The fraction of sp³-hybridized carbons (Fsp3) is 0.167. The van der Waals surface area contributed by atoms with E-state index in [1.807, 2.05) is 18.2 Å². The molecule has 0 bridgehead atoms. The predicted octanol–water partition coefficient (Wildman–Crippen LogP) is 3.22. The number of hydrogen-bond acceptors (Lipinski definition) is 4. The summed E-state index contributed by atoms with van der Waals surface area (Å²) in [5, 5.41) is 6.96. The first-order chi connectivity index (χ1) is 12.1. The van der Waals surface area contributed by atoms with E-state index in [9.17, 15) is 9.59 Å². The van der Waals surface area contributed by atoms with Crippen molar-refractivity contribution in [2.45, 2.75) is 12.8 Å². The molecule has 0 saturated heterocycles. The molecule has 0 spiro atoms. The summed E-state index contributed by atoms with van der Waals surface area (Å²) in [6.07, 6.45) is 1.56. The van der Waals surface area contributed by atoms with Crippen LogP contribution in [0.2, 0.25) is 5.02 Å². The minimum atomic E-state index is -0.353. The number of carbonyl (C=O) groups is 2. The third-order valence-corrected chi connectivity index (χ3v) is 3.55. The number of anilines is 1. The van der Waals surface area contributed by atoms with Crippen molar-refractivity contribution in [2.75, 3.05) is 12.4 Å². The topological polar surface area (TPSA) is 79.8 Å². The fourth-order valence-corrected chi connectivity index (χ4v) is 2.14. The highest BCUT2D eigenvalue weighted by Crippen LogP contribution is 2.20. The monoisotopic (exact) mass is 359 g/mol. The van der Waals surface area contributed by atoms with E-state index in [4.69, 9.17) is 16.3 Å². The molecular formula is C18H18ClN3O3. The molecule has 0 heterocycles. The van der Waals surface area contributed by atoms with Crippen LogP contribution in [0.3, 0.4) is 0 Å². The maximum absolute atomic E-state index is 11.8. The molecule has 0 fully saturated rings. The van der Waals surface area contributed by atoms with Crippen molar-refractivity contribution in [1.82, 2.24) is 5.43 Å². The van der Waals surface area contributed by atoms with Crippen LogP contribution in [-0.4, -0.2) is 25.1 Å². The molecule has 2 aromatic rings. The molecule has 2 N–H and O–H groups in total. The molecule has 0 aromatic heterocycles. The second kappa shape index (κ2) is 9.44. The van der Waals surface area contributed by atoms with E-state index in [-0.39, 0.29) is 24.7 Å². The van der Waals surface area contributed by atoms with E-state index in [0.717, 1.165) is 5.56 Å². The molecule has 0 radical (unpaired) electrons. The van der Waals surface area contributed by atoms with Gasteiger partial charge < -0.3 is 10.1 Å². The van der Waals surface area contributed by atoms with Gasteiger partial charge in [0, 0.05) is 12.8 Å². The second-order valence-corrected chi connectivity index (χ2v) is 5.51. The molecule has 0 unspecified atom stereocenters. The van der Waals surface area contributed by atoms with Gasteiger partial charge >= 0.3 is 0 Å². The van der Waals surface area contributed by atoms with E-state index in [1.165, 1.54) is 6.21 Å². The number of amides is 2. The van der Waals surface area contributed by atoms with Gasteiger partial charge in [-0.3, -0.25) is 9.59 Å². The number of nitrogens with one attached hydrogen (secondary N) is 2. The van der Waals surface area contributed by atoms with Gasteiger partial charge in [-0.05, 0) is 29.8 Å². The summed E-state index contributed by atoms with van der Waals surface area (Å²) in [4.78, 5) is 23.6. The van der Waals surface area contributed by atoms with Crippen LogP contribution in [0.1, 0.15) is 18.4 Å². The lowest BCUT2D eigenvalue weighted by Crippen LogP contribution is -2.20. The van der Waals surface area contributed by atoms with Crippen LogP contribution in [0.25, 0.3) is 0 Å². The van der Waals surface area contributed by atoms with Crippen LogP contribution in [0.5, 0.6) is 5.75 Å². The number of carbonyl (C=O) groups excluding carboxylic acids is 2. The Kier molecular flexibility index (Phi) is 6.98. The van der Waals surface area contributed by atoms with Crippen molar-refractivity contribution in [3.05, 3.63) is 59.1 Å². The summed E-state index contributed by atoms with van der Waals surface area (Å²) in [6.45, 7) is 0. The number of halogens is 1. The lowest BCUT2D eigenvalue weighted by atomic mass is 10.2. The number of hydrazone groups is 1. The van der Waals surface area contributed by atoms with Gasteiger partial charge in [-0.15, -0.1) is 0 Å². The normalized spacial score (nSPS) is 10.5. The van der Waals surface area contributed by atoms with E-state index in [1.54, 1.807) is 37.4 Å². The van der Waals surface area contributed by atoms with Crippen molar-refractivity contribution in [2.24, 2.45) is 5.10 Å². The van der Waals surface area contributed by atoms with Gasteiger partial charge in [-0.1, -0.05) is 35.9 Å².